The number of amides is 2. The summed E-state index contributed by atoms with van der Waals surface area (Å²) in [4.78, 5) is 23.4. The first-order chi connectivity index (χ1) is 8.73. The number of hydrogen-bond donors (Lipinski definition) is 2. The van der Waals surface area contributed by atoms with Crippen molar-refractivity contribution in [2.45, 2.75) is 26.3 Å². The summed E-state index contributed by atoms with van der Waals surface area (Å²) in [7, 11) is 1.27. The van der Waals surface area contributed by atoms with Gasteiger partial charge in [-0.15, -0.1) is 0 Å². The number of benzene rings is 1. The molecule has 2 N–H and O–H groups in total. The molecule has 0 aliphatic heterocycles. The highest BCUT2D eigenvalue weighted by molar-refractivity contribution is 9.10. The molecule has 0 unspecified atom stereocenters. The van der Waals surface area contributed by atoms with Crippen LogP contribution in [0.1, 0.15) is 31.1 Å². The first kappa shape index (κ1) is 15.5. The Morgan fingerprint density at radius 2 is 1.89 bits per heavy atom. The third kappa shape index (κ3) is 4.90. The number of ether oxygens (including phenoxy) is 1. The minimum Gasteiger partial charge on any atom is -0.453 e. The molecule has 0 aromatic heterocycles. The van der Waals surface area contributed by atoms with E-state index in [1.54, 1.807) is 18.2 Å². The van der Waals surface area contributed by atoms with E-state index in [1.807, 2.05) is 20.8 Å². The number of rotatable bonds is 2. The summed E-state index contributed by atoms with van der Waals surface area (Å²) in [6.07, 6.45) is -0.618. The molecule has 2 amide bonds. The predicted octanol–water partition coefficient (Wildman–Crippen LogP) is 3.16. The summed E-state index contributed by atoms with van der Waals surface area (Å²) < 4.78 is 5.28. The van der Waals surface area contributed by atoms with Crippen molar-refractivity contribution in [3.8, 4) is 0 Å². The Labute approximate surface area is 120 Å². The Morgan fingerprint density at radius 1 is 1.26 bits per heavy atom. The van der Waals surface area contributed by atoms with Crippen molar-refractivity contribution in [2.24, 2.45) is 0 Å². The van der Waals surface area contributed by atoms with Gasteiger partial charge in [0, 0.05) is 10.0 Å². The molecule has 1 rings (SSSR count). The normalized spacial score (nSPS) is 10.8. The van der Waals surface area contributed by atoms with Crippen LogP contribution in [0.25, 0.3) is 0 Å². The SMILES string of the molecule is COC(=O)Nc1ccc(Br)cc1C(=O)NC(C)(C)C. The lowest BCUT2D eigenvalue weighted by Gasteiger charge is -2.21. The molecule has 0 radical (unpaired) electrons. The lowest BCUT2D eigenvalue weighted by atomic mass is 10.1. The van der Waals surface area contributed by atoms with Crippen LogP contribution in [0.5, 0.6) is 0 Å². The Balaban J connectivity index is 3.06. The van der Waals surface area contributed by atoms with Crippen LogP contribution in [0.4, 0.5) is 10.5 Å². The Bertz CT molecular complexity index is 495. The molecule has 0 saturated carbocycles. The monoisotopic (exact) mass is 328 g/mol. The topological polar surface area (TPSA) is 67.4 Å². The minimum absolute atomic E-state index is 0.264. The lowest BCUT2D eigenvalue weighted by molar-refractivity contribution is 0.0920. The van der Waals surface area contributed by atoms with Crippen LogP contribution in [0.2, 0.25) is 0 Å². The van der Waals surface area contributed by atoms with E-state index in [-0.39, 0.29) is 11.4 Å². The second kappa shape index (κ2) is 6.06. The molecule has 0 heterocycles. The van der Waals surface area contributed by atoms with E-state index >= 15 is 0 Å². The van der Waals surface area contributed by atoms with Crippen LogP contribution in [-0.2, 0) is 4.74 Å². The van der Waals surface area contributed by atoms with E-state index in [1.165, 1.54) is 7.11 Å². The largest absolute Gasteiger partial charge is 0.453 e. The molecule has 0 atom stereocenters. The maximum Gasteiger partial charge on any atom is 0.411 e. The lowest BCUT2D eigenvalue weighted by Crippen LogP contribution is -2.40. The van der Waals surface area contributed by atoms with Gasteiger partial charge in [-0.2, -0.15) is 0 Å². The summed E-state index contributed by atoms with van der Waals surface area (Å²) in [5.41, 5.74) is 0.411. The first-order valence-corrected chi connectivity index (χ1v) is 6.49. The zero-order chi connectivity index (χ0) is 14.6. The fraction of sp³-hybridized carbons (Fsp3) is 0.385. The average molecular weight is 329 g/mol. The fourth-order valence-corrected chi connectivity index (χ4v) is 1.74. The third-order valence-corrected chi connectivity index (χ3v) is 2.63. The maximum atomic E-state index is 12.2. The molecule has 1 aromatic rings. The van der Waals surface area contributed by atoms with E-state index in [4.69, 9.17) is 0 Å². The highest BCUT2D eigenvalue weighted by Gasteiger charge is 2.19. The van der Waals surface area contributed by atoms with Crippen molar-refractivity contribution in [2.75, 3.05) is 12.4 Å². The van der Waals surface area contributed by atoms with E-state index in [9.17, 15) is 9.59 Å². The van der Waals surface area contributed by atoms with E-state index < -0.39 is 6.09 Å². The summed E-state index contributed by atoms with van der Waals surface area (Å²) in [5, 5.41) is 5.35. The van der Waals surface area contributed by atoms with Gasteiger partial charge in [-0.3, -0.25) is 10.1 Å². The molecule has 104 valence electrons. The van der Waals surface area contributed by atoms with Gasteiger partial charge in [0.25, 0.3) is 5.91 Å². The highest BCUT2D eigenvalue weighted by Crippen LogP contribution is 2.22. The highest BCUT2D eigenvalue weighted by atomic mass is 79.9. The summed E-state index contributed by atoms with van der Waals surface area (Å²) in [6.45, 7) is 5.66. The van der Waals surface area contributed by atoms with E-state index in [0.717, 1.165) is 4.47 Å². The van der Waals surface area contributed by atoms with Crippen molar-refractivity contribution in [1.82, 2.24) is 5.32 Å². The van der Waals surface area contributed by atoms with E-state index in [0.29, 0.717) is 11.3 Å². The molecule has 6 heteroatoms. The maximum absolute atomic E-state index is 12.2. The molecule has 0 fully saturated rings. The van der Waals surface area contributed by atoms with Crippen molar-refractivity contribution in [3.63, 3.8) is 0 Å². The summed E-state index contributed by atoms with van der Waals surface area (Å²) in [6, 6.07) is 5.02. The molecule has 0 bridgehead atoms. The fourth-order valence-electron chi connectivity index (χ4n) is 1.38. The number of halogens is 1. The van der Waals surface area contributed by atoms with Crippen LogP contribution in [-0.4, -0.2) is 24.6 Å². The summed E-state index contributed by atoms with van der Waals surface area (Å²) >= 11 is 3.30. The number of anilines is 1. The van der Waals surface area contributed by atoms with E-state index in [2.05, 4.69) is 31.3 Å². The van der Waals surface area contributed by atoms with Gasteiger partial charge in [0.05, 0.1) is 18.4 Å². The molecule has 0 saturated heterocycles. The van der Waals surface area contributed by atoms with Gasteiger partial charge in [-0.05, 0) is 39.0 Å². The van der Waals surface area contributed by atoms with Gasteiger partial charge < -0.3 is 10.1 Å². The van der Waals surface area contributed by atoms with Crippen LogP contribution in [0, 0.1) is 0 Å². The van der Waals surface area contributed by atoms with Crippen molar-refractivity contribution >= 4 is 33.6 Å². The van der Waals surface area contributed by atoms with Gasteiger partial charge in [0.2, 0.25) is 0 Å². The molecular formula is C13H17BrN2O3. The molecule has 0 aliphatic rings. The van der Waals surface area contributed by atoms with Crippen LogP contribution < -0.4 is 10.6 Å². The van der Waals surface area contributed by atoms with Crippen molar-refractivity contribution in [1.29, 1.82) is 0 Å². The quantitative estimate of drug-likeness (QED) is 0.876. The van der Waals surface area contributed by atoms with Crippen LogP contribution in [0.15, 0.2) is 22.7 Å². The zero-order valence-electron chi connectivity index (χ0n) is 11.3. The van der Waals surface area contributed by atoms with Crippen LogP contribution >= 0.6 is 15.9 Å². The number of carbonyl (C=O) groups is 2. The number of methoxy groups -OCH3 is 1. The first-order valence-electron chi connectivity index (χ1n) is 5.70. The van der Waals surface area contributed by atoms with Gasteiger partial charge >= 0.3 is 6.09 Å². The molecule has 1 aromatic carbocycles. The van der Waals surface area contributed by atoms with Crippen molar-refractivity contribution in [3.05, 3.63) is 28.2 Å². The smallest absolute Gasteiger partial charge is 0.411 e. The standard InChI is InChI=1S/C13H17BrN2O3/c1-13(2,3)16-11(17)9-7-8(14)5-6-10(9)15-12(18)19-4/h5-7H,1-4H3,(H,15,18)(H,16,17). The van der Waals surface area contributed by atoms with Crippen molar-refractivity contribution < 1.29 is 14.3 Å². The van der Waals surface area contributed by atoms with Gasteiger partial charge in [-0.25, -0.2) is 4.79 Å². The third-order valence-electron chi connectivity index (χ3n) is 2.14. The molecule has 0 spiro atoms. The number of hydrogen-bond acceptors (Lipinski definition) is 3. The molecule has 0 aliphatic carbocycles. The second-order valence-corrected chi connectivity index (χ2v) is 5.93. The van der Waals surface area contributed by atoms with Crippen LogP contribution in [0.3, 0.4) is 0 Å². The van der Waals surface area contributed by atoms with Gasteiger partial charge in [0.15, 0.2) is 0 Å². The zero-order valence-corrected chi connectivity index (χ0v) is 12.9. The second-order valence-electron chi connectivity index (χ2n) is 5.01. The van der Waals surface area contributed by atoms with Gasteiger partial charge in [-0.1, -0.05) is 15.9 Å². The Hall–Kier alpha value is -1.56. The molecular weight excluding hydrogens is 312 g/mol. The van der Waals surface area contributed by atoms with Gasteiger partial charge in [0.1, 0.15) is 0 Å². The number of carbonyl (C=O) groups excluding carboxylic acids is 2. The molecule has 5 nitrogen and oxygen atoms in total. The Kier molecular flexibility index (Phi) is 4.94. The number of nitrogens with one attached hydrogen (secondary N) is 2. The Morgan fingerprint density at radius 3 is 2.42 bits per heavy atom. The predicted molar refractivity (Wildman–Crippen MR) is 77.4 cm³/mol. The molecule has 19 heavy (non-hydrogen) atoms. The average Bonchev–Trinajstić information content (AvgIpc) is 2.29. The minimum atomic E-state index is -0.618. The summed E-state index contributed by atoms with van der Waals surface area (Å²) in [5.74, 6) is -0.264.